The number of rotatable bonds is 8. The number of hydrogen-bond donors (Lipinski definition) is 0. The zero-order valence-electron chi connectivity index (χ0n) is 15.6. The Morgan fingerprint density at radius 1 is 1.10 bits per heavy atom. The average Bonchev–Trinajstić information content (AvgIpc) is 3.49. The second kappa shape index (κ2) is 9.11. The largest absolute Gasteiger partial charge is 0.467 e. The van der Waals surface area contributed by atoms with E-state index in [1.165, 1.54) is 0 Å². The Morgan fingerprint density at radius 3 is 2.69 bits per heavy atom. The normalized spacial score (nSPS) is 10.9. The molecular formula is C22H19ClN2O3S. The number of carbonyl (C=O) groups is 1. The van der Waals surface area contributed by atoms with Crippen LogP contribution in [0.4, 0.5) is 0 Å². The van der Waals surface area contributed by atoms with E-state index in [1.807, 2.05) is 41.8 Å². The molecule has 0 saturated carbocycles. The first kappa shape index (κ1) is 19.5. The van der Waals surface area contributed by atoms with Crippen LogP contribution in [0.3, 0.4) is 0 Å². The van der Waals surface area contributed by atoms with Gasteiger partial charge in [-0.2, -0.15) is 0 Å². The lowest BCUT2D eigenvalue weighted by molar-refractivity contribution is -0.132. The van der Waals surface area contributed by atoms with Gasteiger partial charge in [-0.05, 0) is 47.8 Å². The van der Waals surface area contributed by atoms with Gasteiger partial charge < -0.3 is 13.7 Å². The first-order valence-corrected chi connectivity index (χ1v) is 10.5. The van der Waals surface area contributed by atoms with Gasteiger partial charge in [0.1, 0.15) is 5.76 Å². The summed E-state index contributed by atoms with van der Waals surface area (Å²) in [5.74, 6) is 1.99. The number of oxazole rings is 1. The molecule has 4 aromatic rings. The summed E-state index contributed by atoms with van der Waals surface area (Å²) in [5.41, 5.74) is 0.900. The van der Waals surface area contributed by atoms with Crippen molar-refractivity contribution in [2.45, 2.75) is 25.9 Å². The maximum Gasteiger partial charge on any atom is 0.223 e. The minimum absolute atomic E-state index is 0.0287. The van der Waals surface area contributed by atoms with E-state index in [-0.39, 0.29) is 5.91 Å². The molecule has 0 atom stereocenters. The van der Waals surface area contributed by atoms with Crippen LogP contribution in [-0.4, -0.2) is 15.8 Å². The van der Waals surface area contributed by atoms with E-state index in [0.717, 1.165) is 16.2 Å². The van der Waals surface area contributed by atoms with Crippen LogP contribution in [0.5, 0.6) is 0 Å². The number of benzene rings is 1. The lowest BCUT2D eigenvalue weighted by Crippen LogP contribution is -2.29. The van der Waals surface area contributed by atoms with Crippen LogP contribution >= 0.6 is 22.9 Å². The number of thiophene rings is 1. The van der Waals surface area contributed by atoms with Crippen LogP contribution in [0.15, 0.2) is 75.2 Å². The third kappa shape index (κ3) is 5.16. The van der Waals surface area contributed by atoms with Gasteiger partial charge in [0.25, 0.3) is 0 Å². The Labute approximate surface area is 177 Å². The summed E-state index contributed by atoms with van der Waals surface area (Å²) < 4.78 is 11.2. The Balaban J connectivity index is 1.40. The van der Waals surface area contributed by atoms with Gasteiger partial charge in [-0.3, -0.25) is 4.79 Å². The van der Waals surface area contributed by atoms with Crippen molar-refractivity contribution in [2.24, 2.45) is 0 Å². The molecule has 0 unspecified atom stereocenters. The molecule has 0 saturated heterocycles. The first-order chi connectivity index (χ1) is 14.2. The van der Waals surface area contributed by atoms with Crippen molar-refractivity contribution in [3.8, 4) is 11.3 Å². The molecular weight excluding hydrogens is 408 g/mol. The Hall–Kier alpha value is -2.83. The van der Waals surface area contributed by atoms with E-state index in [0.29, 0.717) is 42.6 Å². The van der Waals surface area contributed by atoms with Crippen molar-refractivity contribution in [3.63, 3.8) is 0 Å². The zero-order chi connectivity index (χ0) is 20.1. The molecule has 0 aliphatic heterocycles. The number of carbonyl (C=O) groups excluding carboxylic acids is 1. The molecule has 4 rings (SSSR count). The Kier molecular flexibility index (Phi) is 6.12. The van der Waals surface area contributed by atoms with Gasteiger partial charge in [-0.15, -0.1) is 11.3 Å². The van der Waals surface area contributed by atoms with Crippen LogP contribution in [0.25, 0.3) is 11.3 Å². The Morgan fingerprint density at radius 2 is 1.97 bits per heavy atom. The standard InChI is InChI=1S/C22H19ClN2O3S/c23-17-7-5-16(6-8-17)20-13-24-21(28-20)9-10-22(26)25(14-18-3-1-11-27-18)15-19-4-2-12-29-19/h1-8,11-13H,9-10,14-15H2. The van der Waals surface area contributed by atoms with Crippen molar-refractivity contribution < 1.29 is 13.6 Å². The summed E-state index contributed by atoms with van der Waals surface area (Å²) in [6, 6.07) is 15.1. The predicted octanol–water partition coefficient (Wildman–Crippen LogP) is 5.81. The third-order valence-electron chi connectivity index (χ3n) is 4.44. The van der Waals surface area contributed by atoms with Gasteiger partial charge in [0.05, 0.1) is 25.5 Å². The predicted molar refractivity (Wildman–Crippen MR) is 113 cm³/mol. The molecule has 0 fully saturated rings. The fraction of sp³-hybridized carbons (Fsp3) is 0.182. The van der Waals surface area contributed by atoms with E-state index >= 15 is 0 Å². The lowest BCUT2D eigenvalue weighted by atomic mass is 10.2. The molecule has 3 heterocycles. The smallest absolute Gasteiger partial charge is 0.223 e. The lowest BCUT2D eigenvalue weighted by Gasteiger charge is -2.21. The molecule has 29 heavy (non-hydrogen) atoms. The number of aryl methyl sites for hydroxylation is 1. The topological polar surface area (TPSA) is 59.5 Å². The summed E-state index contributed by atoms with van der Waals surface area (Å²) in [6.07, 6.45) is 4.04. The molecule has 1 aromatic carbocycles. The molecule has 0 spiro atoms. The maximum atomic E-state index is 12.9. The van der Waals surface area contributed by atoms with E-state index in [1.54, 1.807) is 40.8 Å². The first-order valence-electron chi connectivity index (χ1n) is 9.20. The number of amides is 1. The number of furan rings is 1. The number of nitrogens with zero attached hydrogens (tertiary/aromatic N) is 2. The number of aromatic nitrogens is 1. The molecule has 148 valence electrons. The van der Waals surface area contributed by atoms with Crippen LogP contribution < -0.4 is 0 Å². The highest BCUT2D eigenvalue weighted by Crippen LogP contribution is 2.23. The third-order valence-corrected chi connectivity index (χ3v) is 5.55. The van der Waals surface area contributed by atoms with Crippen molar-refractivity contribution in [3.05, 3.63) is 87.9 Å². The molecule has 0 aliphatic rings. The molecule has 0 bridgehead atoms. The highest BCUT2D eigenvalue weighted by molar-refractivity contribution is 7.09. The quantitative estimate of drug-likeness (QED) is 0.356. The molecule has 7 heteroatoms. The van der Waals surface area contributed by atoms with Crippen molar-refractivity contribution in [1.82, 2.24) is 9.88 Å². The minimum Gasteiger partial charge on any atom is -0.467 e. The monoisotopic (exact) mass is 426 g/mol. The highest BCUT2D eigenvalue weighted by atomic mass is 35.5. The van der Waals surface area contributed by atoms with Gasteiger partial charge in [0.2, 0.25) is 5.91 Å². The summed E-state index contributed by atoms with van der Waals surface area (Å²) >= 11 is 7.56. The second-order valence-electron chi connectivity index (χ2n) is 6.53. The number of halogens is 1. The highest BCUT2D eigenvalue weighted by Gasteiger charge is 2.18. The number of hydrogen-bond acceptors (Lipinski definition) is 5. The van der Waals surface area contributed by atoms with Crippen LogP contribution in [0.2, 0.25) is 5.02 Å². The zero-order valence-corrected chi connectivity index (χ0v) is 17.2. The van der Waals surface area contributed by atoms with Gasteiger partial charge in [-0.25, -0.2) is 4.98 Å². The second-order valence-corrected chi connectivity index (χ2v) is 8.00. The van der Waals surface area contributed by atoms with Gasteiger partial charge >= 0.3 is 0 Å². The Bertz CT molecular complexity index is 1000. The summed E-state index contributed by atoms with van der Waals surface area (Å²) in [5, 5.41) is 2.68. The van der Waals surface area contributed by atoms with Crippen LogP contribution in [0, 0.1) is 0 Å². The van der Waals surface area contributed by atoms with Gasteiger partial charge in [0, 0.05) is 28.3 Å². The maximum absolute atomic E-state index is 12.9. The molecule has 0 N–H and O–H groups in total. The van der Waals surface area contributed by atoms with E-state index < -0.39 is 0 Å². The van der Waals surface area contributed by atoms with Crippen molar-refractivity contribution >= 4 is 28.8 Å². The van der Waals surface area contributed by atoms with Gasteiger partial charge in [0.15, 0.2) is 11.7 Å². The van der Waals surface area contributed by atoms with Crippen LogP contribution in [-0.2, 0) is 24.3 Å². The van der Waals surface area contributed by atoms with E-state index in [2.05, 4.69) is 4.98 Å². The molecule has 1 amide bonds. The van der Waals surface area contributed by atoms with E-state index in [4.69, 9.17) is 20.4 Å². The van der Waals surface area contributed by atoms with E-state index in [9.17, 15) is 4.79 Å². The average molecular weight is 427 g/mol. The van der Waals surface area contributed by atoms with Crippen molar-refractivity contribution in [1.29, 1.82) is 0 Å². The van der Waals surface area contributed by atoms with Crippen molar-refractivity contribution in [2.75, 3.05) is 0 Å². The fourth-order valence-electron chi connectivity index (χ4n) is 2.96. The molecule has 0 radical (unpaired) electrons. The minimum atomic E-state index is 0.0287. The summed E-state index contributed by atoms with van der Waals surface area (Å²) in [6.45, 7) is 0.990. The molecule has 3 aromatic heterocycles. The molecule has 0 aliphatic carbocycles. The summed E-state index contributed by atoms with van der Waals surface area (Å²) in [4.78, 5) is 20.1. The van der Waals surface area contributed by atoms with Gasteiger partial charge in [-0.1, -0.05) is 17.7 Å². The fourth-order valence-corrected chi connectivity index (χ4v) is 3.80. The van der Waals surface area contributed by atoms with Crippen LogP contribution in [0.1, 0.15) is 22.9 Å². The molecule has 5 nitrogen and oxygen atoms in total. The SMILES string of the molecule is O=C(CCc1ncc(-c2ccc(Cl)cc2)o1)N(Cc1ccco1)Cc1cccs1. The summed E-state index contributed by atoms with van der Waals surface area (Å²) in [7, 11) is 0.